The Bertz CT molecular complexity index is 1570. The zero-order valence-electron chi connectivity index (χ0n) is 32.0. The molecule has 0 bridgehead atoms. The van der Waals surface area contributed by atoms with E-state index in [2.05, 4.69) is 26.6 Å². The van der Waals surface area contributed by atoms with Gasteiger partial charge in [0.15, 0.2) is 6.29 Å². The monoisotopic (exact) mass is 844 g/mol. The molecule has 12 N–H and O–H groups in total. The van der Waals surface area contributed by atoms with Crippen LogP contribution in [0.1, 0.15) is 45.6 Å². The van der Waals surface area contributed by atoms with Gasteiger partial charge in [0.05, 0.1) is 19.6 Å². The summed E-state index contributed by atoms with van der Waals surface area (Å²) in [7, 11) is 0. The molecule has 0 saturated carbocycles. The first-order chi connectivity index (χ1) is 27.3. The van der Waals surface area contributed by atoms with Crippen molar-refractivity contribution in [3.05, 3.63) is 35.9 Å². The van der Waals surface area contributed by atoms with Crippen LogP contribution in [0.3, 0.4) is 0 Å². The minimum absolute atomic E-state index is 0.0199. The maximum absolute atomic E-state index is 13.2. The molecule has 2 rings (SSSR count). The Kier molecular flexibility index (Phi) is 21.0. The molecule has 1 saturated heterocycles. The minimum Gasteiger partial charge on any atom is -0.481 e. The van der Waals surface area contributed by atoms with E-state index in [1.165, 1.54) is 20.8 Å². The van der Waals surface area contributed by atoms with E-state index in [1.807, 2.05) is 0 Å². The predicted molar refractivity (Wildman–Crippen MR) is 201 cm³/mol. The molecule has 58 heavy (non-hydrogen) atoms. The molecule has 1 heterocycles. The first-order valence-corrected chi connectivity index (χ1v) is 19.2. The molecule has 0 radical (unpaired) electrons. The Hall–Kier alpha value is -4.91. The Morgan fingerprint density at radius 1 is 0.879 bits per heavy atom. The molecule has 22 nitrogen and oxygen atoms in total. The van der Waals surface area contributed by atoms with Crippen molar-refractivity contribution in [3.63, 3.8) is 0 Å². The van der Waals surface area contributed by atoms with E-state index < -0.39 is 134 Å². The number of hydrogen-bond donors (Lipinski definition) is 11. The number of aliphatic hydroxyl groups excluding tert-OH is 2. The number of benzene rings is 1. The van der Waals surface area contributed by atoms with E-state index in [4.69, 9.17) is 30.2 Å². The average molecular weight is 845 g/mol. The molecule has 23 heteroatoms. The molecule has 1 aliphatic rings. The number of amides is 5. The van der Waals surface area contributed by atoms with Crippen LogP contribution in [-0.2, 0) is 59.2 Å². The zero-order chi connectivity index (χ0) is 43.5. The highest BCUT2D eigenvalue weighted by atomic mass is 32.2. The first kappa shape index (κ1) is 49.2. The van der Waals surface area contributed by atoms with E-state index in [9.17, 15) is 53.7 Å². The highest BCUT2D eigenvalue weighted by Gasteiger charge is 2.48. The van der Waals surface area contributed by atoms with Crippen LogP contribution in [0.2, 0.25) is 0 Å². The van der Waals surface area contributed by atoms with Crippen LogP contribution in [0.5, 0.6) is 0 Å². The van der Waals surface area contributed by atoms with Crippen molar-refractivity contribution in [3.8, 4) is 0 Å². The summed E-state index contributed by atoms with van der Waals surface area (Å²) in [5, 5.41) is 60.4. The van der Waals surface area contributed by atoms with E-state index >= 15 is 0 Å². The fraction of sp³-hybridized carbons (Fsp3) is 0.600. The minimum atomic E-state index is -1.64. The van der Waals surface area contributed by atoms with Gasteiger partial charge in [0.1, 0.15) is 54.6 Å². The summed E-state index contributed by atoms with van der Waals surface area (Å²) < 4.78 is 17.5. The Morgan fingerprint density at radius 3 is 2.14 bits per heavy atom. The number of ether oxygens (including phenoxy) is 3. The number of nitrogens with two attached hydrogens (primary N) is 1. The van der Waals surface area contributed by atoms with Gasteiger partial charge in [-0.05, 0) is 25.8 Å². The third kappa shape index (κ3) is 16.9. The summed E-state index contributed by atoms with van der Waals surface area (Å²) >= 11 is 0.927. The van der Waals surface area contributed by atoms with Crippen LogP contribution < -0.4 is 32.3 Å². The van der Waals surface area contributed by atoms with Crippen molar-refractivity contribution >= 4 is 59.2 Å². The summed E-state index contributed by atoms with van der Waals surface area (Å²) in [6, 6.07) is 2.22. The third-order valence-corrected chi connectivity index (χ3v) is 9.59. The highest BCUT2D eigenvalue weighted by Crippen LogP contribution is 2.26. The second-order valence-electron chi connectivity index (χ2n) is 13.2. The van der Waals surface area contributed by atoms with Crippen LogP contribution in [0.4, 0.5) is 0 Å². The summed E-state index contributed by atoms with van der Waals surface area (Å²) in [6.07, 6.45) is -8.19. The van der Waals surface area contributed by atoms with Crippen molar-refractivity contribution < 1.29 is 78.1 Å². The third-order valence-electron chi connectivity index (χ3n) is 8.43. The molecule has 0 unspecified atom stereocenters. The number of nitrogens with one attached hydrogen (secondary N) is 5. The highest BCUT2D eigenvalue weighted by molar-refractivity contribution is 7.99. The Morgan fingerprint density at radius 2 is 1.55 bits per heavy atom. The van der Waals surface area contributed by atoms with E-state index in [-0.39, 0.29) is 24.7 Å². The zero-order valence-corrected chi connectivity index (χ0v) is 32.8. The Labute approximate surface area is 337 Å². The van der Waals surface area contributed by atoms with E-state index in [0.717, 1.165) is 17.3 Å². The number of aliphatic carboxylic acids is 3. The molecular formula is C35H52N6O16S. The second kappa shape index (κ2) is 24.8. The number of carboxylic acids is 3. The van der Waals surface area contributed by atoms with Gasteiger partial charge in [-0.25, -0.2) is 4.79 Å². The molecule has 1 aliphatic heterocycles. The summed E-state index contributed by atoms with van der Waals surface area (Å²) in [5.74, 6) is -8.29. The molecule has 5 amide bonds. The van der Waals surface area contributed by atoms with Gasteiger partial charge in [-0.3, -0.25) is 33.6 Å². The number of aliphatic hydroxyl groups is 2. The van der Waals surface area contributed by atoms with Gasteiger partial charge >= 0.3 is 17.9 Å². The van der Waals surface area contributed by atoms with Crippen LogP contribution in [0.15, 0.2) is 30.3 Å². The number of carbonyl (C=O) groups excluding carboxylic acids is 5. The maximum atomic E-state index is 13.2. The smallest absolute Gasteiger partial charge is 0.326 e. The summed E-state index contributed by atoms with van der Waals surface area (Å²) in [6.45, 7) is 2.82. The summed E-state index contributed by atoms with van der Waals surface area (Å²) in [5.41, 5.74) is 6.23. The number of thioether (sulfide) groups is 1. The maximum Gasteiger partial charge on any atom is 0.326 e. The van der Waals surface area contributed by atoms with Crippen molar-refractivity contribution in [2.24, 2.45) is 5.73 Å². The van der Waals surface area contributed by atoms with Crippen molar-refractivity contribution in [2.45, 2.75) is 108 Å². The van der Waals surface area contributed by atoms with E-state index in [1.54, 1.807) is 30.3 Å². The summed E-state index contributed by atoms with van der Waals surface area (Å²) in [4.78, 5) is 97.6. The van der Waals surface area contributed by atoms with Gasteiger partial charge in [-0.1, -0.05) is 30.3 Å². The molecule has 0 aromatic heterocycles. The largest absolute Gasteiger partial charge is 0.481 e. The molecule has 1 fully saturated rings. The fourth-order valence-corrected chi connectivity index (χ4v) is 6.29. The van der Waals surface area contributed by atoms with Gasteiger partial charge in [-0.2, -0.15) is 11.8 Å². The quantitative estimate of drug-likeness (QED) is 0.0458. The second-order valence-corrected chi connectivity index (χ2v) is 14.3. The van der Waals surface area contributed by atoms with Crippen LogP contribution in [-0.4, -0.2) is 159 Å². The molecule has 1 aromatic carbocycles. The van der Waals surface area contributed by atoms with Crippen LogP contribution >= 0.6 is 11.8 Å². The van der Waals surface area contributed by atoms with Gasteiger partial charge in [0.25, 0.3) is 0 Å². The number of hydrogen-bond acceptors (Lipinski definition) is 15. The van der Waals surface area contributed by atoms with Gasteiger partial charge < -0.3 is 72.1 Å². The molecule has 0 spiro atoms. The lowest BCUT2D eigenvalue weighted by Crippen LogP contribution is -2.66. The van der Waals surface area contributed by atoms with Crippen molar-refractivity contribution in [1.29, 1.82) is 0 Å². The fourth-order valence-electron chi connectivity index (χ4n) is 5.29. The molecule has 0 aliphatic carbocycles. The number of carboxylic acid groups (broad SMARTS) is 3. The van der Waals surface area contributed by atoms with Gasteiger partial charge in [-0.15, -0.1) is 0 Å². The predicted octanol–water partition coefficient (Wildman–Crippen LogP) is -3.37. The topological polar surface area (TPSA) is 352 Å². The average Bonchev–Trinajstić information content (AvgIpc) is 3.16. The molecule has 10 atom stereocenters. The molecular weight excluding hydrogens is 792 g/mol. The van der Waals surface area contributed by atoms with Gasteiger partial charge in [0, 0.05) is 31.4 Å². The van der Waals surface area contributed by atoms with Crippen molar-refractivity contribution in [1.82, 2.24) is 26.6 Å². The van der Waals surface area contributed by atoms with Crippen LogP contribution in [0, 0.1) is 0 Å². The van der Waals surface area contributed by atoms with Crippen molar-refractivity contribution in [2.75, 3.05) is 24.7 Å². The standard InChI is InChI=1S/C35H52N6O16S/c1-17(30(48)41-22(34(53)54)9-10-25(44)40-23(16-58-15-21(36)33(51)52)32(50)37-12-11-26(45)46)38-31(49)18(2)56-29-27(39-19(3)43)35(57-24(13-42)28(29)47)55-14-20-7-5-4-6-8-20/h4-8,17-18,21-24,27-29,35,42,47H,9-16,36H2,1-3H3,(H,37,50)(H,38,49)(H,39,43)(H,40,44)(H,41,48)(H,45,46)(H,51,52)(H,53,54)/t17-,18+,21-,22+,23+,24+,27+,28+,29+,35-/m0/s1. The number of rotatable bonds is 25. The molecule has 1 aromatic rings. The normalized spacial score (nSPS) is 21.5. The lowest BCUT2D eigenvalue weighted by atomic mass is 9.96. The first-order valence-electron chi connectivity index (χ1n) is 18.1. The molecule has 324 valence electrons. The lowest BCUT2D eigenvalue weighted by molar-refractivity contribution is -0.283. The lowest BCUT2D eigenvalue weighted by Gasteiger charge is -2.44. The number of carbonyl (C=O) groups is 8. The SMILES string of the molecule is CC(=O)N[C@H]1[C@@H](OCc2ccccc2)O[C@H](CO)[C@@H](O)[C@@H]1O[C@H](C)C(=O)N[C@@H](C)C(=O)N[C@H](CCC(=O)N[C@H](CSC[C@H](N)C(=O)O)C(=O)NCCC(=O)O)C(=O)O. The van der Waals surface area contributed by atoms with E-state index in [0.29, 0.717) is 0 Å². The van der Waals surface area contributed by atoms with Crippen LogP contribution in [0.25, 0.3) is 0 Å². The van der Waals surface area contributed by atoms with Gasteiger partial charge in [0.2, 0.25) is 29.5 Å². The Balaban J connectivity index is 2.03.